The molecule has 0 bridgehead atoms. The summed E-state index contributed by atoms with van der Waals surface area (Å²) in [5, 5.41) is 8.23. The first-order valence-electron chi connectivity index (χ1n) is 5.58. The number of nitrogens with zero attached hydrogens (tertiary/aromatic N) is 3. The van der Waals surface area contributed by atoms with Gasteiger partial charge in [-0.25, -0.2) is 4.68 Å². The Labute approximate surface area is 100 Å². The standard InChI is InChI=1S/C12H16N4O/c1-3-10-9(8-13)14-15-16(10)11-6-4-5-7-12(11)17-2/h4-7H,3,8,13H2,1-2H3. The molecule has 0 fully saturated rings. The lowest BCUT2D eigenvalue weighted by Crippen LogP contribution is -2.06. The highest BCUT2D eigenvalue weighted by molar-refractivity contribution is 5.47. The van der Waals surface area contributed by atoms with E-state index in [1.165, 1.54) is 0 Å². The molecule has 1 aromatic carbocycles. The van der Waals surface area contributed by atoms with Gasteiger partial charge < -0.3 is 10.5 Å². The maximum absolute atomic E-state index is 5.64. The summed E-state index contributed by atoms with van der Waals surface area (Å²) in [5.74, 6) is 0.774. The fourth-order valence-corrected chi connectivity index (χ4v) is 1.84. The van der Waals surface area contributed by atoms with Crippen molar-refractivity contribution >= 4 is 0 Å². The normalized spacial score (nSPS) is 10.5. The van der Waals surface area contributed by atoms with E-state index < -0.39 is 0 Å². The summed E-state index contributed by atoms with van der Waals surface area (Å²) >= 11 is 0. The van der Waals surface area contributed by atoms with E-state index >= 15 is 0 Å². The number of benzene rings is 1. The van der Waals surface area contributed by atoms with Crippen LogP contribution in [0, 0.1) is 0 Å². The average Bonchev–Trinajstić information content (AvgIpc) is 2.81. The van der Waals surface area contributed by atoms with Crippen molar-refractivity contribution < 1.29 is 4.74 Å². The minimum Gasteiger partial charge on any atom is -0.494 e. The van der Waals surface area contributed by atoms with Crippen LogP contribution >= 0.6 is 0 Å². The molecule has 0 aliphatic rings. The molecule has 0 saturated heterocycles. The third-order valence-electron chi connectivity index (χ3n) is 2.69. The number of methoxy groups -OCH3 is 1. The number of hydrogen-bond donors (Lipinski definition) is 1. The van der Waals surface area contributed by atoms with Gasteiger partial charge in [0.05, 0.1) is 18.5 Å². The summed E-state index contributed by atoms with van der Waals surface area (Å²) in [4.78, 5) is 0. The number of nitrogens with two attached hydrogens (primary N) is 1. The Balaban J connectivity index is 2.56. The quantitative estimate of drug-likeness (QED) is 0.862. The molecule has 0 radical (unpaired) electrons. The molecule has 0 aliphatic carbocycles. The number of aromatic nitrogens is 3. The zero-order chi connectivity index (χ0) is 12.3. The Morgan fingerprint density at radius 2 is 2.12 bits per heavy atom. The summed E-state index contributed by atoms with van der Waals surface area (Å²) in [6, 6.07) is 7.72. The van der Waals surface area contributed by atoms with Crippen molar-refractivity contribution in [1.29, 1.82) is 0 Å². The second-order valence-corrected chi connectivity index (χ2v) is 3.62. The fourth-order valence-electron chi connectivity index (χ4n) is 1.84. The van der Waals surface area contributed by atoms with E-state index in [0.717, 1.165) is 29.2 Å². The highest BCUT2D eigenvalue weighted by Crippen LogP contribution is 2.23. The van der Waals surface area contributed by atoms with Crippen molar-refractivity contribution in [2.45, 2.75) is 19.9 Å². The van der Waals surface area contributed by atoms with Crippen LogP contribution in [0.1, 0.15) is 18.3 Å². The molecule has 0 spiro atoms. The van der Waals surface area contributed by atoms with Gasteiger partial charge in [0.2, 0.25) is 0 Å². The lowest BCUT2D eigenvalue weighted by molar-refractivity contribution is 0.411. The minimum absolute atomic E-state index is 0.401. The largest absolute Gasteiger partial charge is 0.494 e. The van der Waals surface area contributed by atoms with Gasteiger partial charge in [-0.15, -0.1) is 5.10 Å². The molecule has 0 amide bonds. The van der Waals surface area contributed by atoms with Gasteiger partial charge >= 0.3 is 0 Å². The first-order valence-corrected chi connectivity index (χ1v) is 5.58. The molecule has 17 heavy (non-hydrogen) atoms. The molecular weight excluding hydrogens is 216 g/mol. The molecule has 0 saturated carbocycles. The van der Waals surface area contributed by atoms with Gasteiger partial charge in [0.1, 0.15) is 11.4 Å². The molecule has 1 aromatic heterocycles. The molecule has 0 atom stereocenters. The van der Waals surface area contributed by atoms with Crippen LogP contribution in [0.15, 0.2) is 24.3 Å². The summed E-state index contributed by atoms with van der Waals surface area (Å²) in [5.41, 5.74) is 8.39. The predicted octanol–water partition coefficient (Wildman–Crippen LogP) is 1.30. The van der Waals surface area contributed by atoms with Crippen molar-refractivity contribution in [3.63, 3.8) is 0 Å². The monoisotopic (exact) mass is 232 g/mol. The van der Waals surface area contributed by atoms with Crippen molar-refractivity contribution in [2.75, 3.05) is 7.11 Å². The maximum atomic E-state index is 5.64. The third-order valence-corrected chi connectivity index (χ3v) is 2.69. The SMILES string of the molecule is CCc1c(CN)nnn1-c1ccccc1OC. The van der Waals surface area contributed by atoms with E-state index in [9.17, 15) is 0 Å². The molecule has 0 unspecified atom stereocenters. The second-order valence-electron chi connectivity index (χ2n) is 3.62. The molecular formula is C12H16N4O. The van der Waals surface area contributed by atoms with Gasteiger partial charge in [-0.1, -0.05) is 24.3 Å². The van der Waals surface area contributed by atoms with Crippen LogP contribution in [0.2, 0.25) is 0 Å². The Bertz CT molecular complexity index is 507. The number of rotatable bonds is 4. The number of hydrogen-bond acceptors (Lipinski definition) is 4. The molecule has 2 N–H and O–H groups in total. The average molecular weight is 232 g/mol. The van der Waals surface area contributed by atoms with E-state index in [1.807, 2.05) is 24.3 Å². The van der Waals surface area contributed by atoms with Crippen LogP contribution in [-0.4, -0.2) is 22.1 Å². The zero-order valence-corrected chi connectivity index (χ0v) is 10.1. The Morgan fingerprint density at radius 1 is 1.35 bits per heavy atom. The Kier molecular flexibility index (Phi) is 3.39. The summed E-state index contributed by atoms with van der Waals surface area (Å²) in [7, 11) is 1.64. The number of para-hydroxylation sites is 2. The van der Waals surface area contributed by atoms with E-state index in [0.29, 0.717) is 6.54 Å². The molecule has 5 nitrogen and oxygen atoms in total. The van der Waals surface area contributed by atoms with E-state index in [4.69, 9.17) is 10.5 Å². The lowest BCUT2D eigenvalue weighted by atomic mass is 10.2. The smallest absolute Gasteiger partial charge is 0.144 e. The molecule has 2 aromatic rings. The van der Waals surface area contributed by atoms with Crippen LogP contribution in [0.3, 0.4) is 0 Å². The van der Waals surface area contributed by atoms with Crippen LogP contribution < -0.4 is 10.5 Å². The maximum Gasteiger partial charge on any atom is 0.144 e. The molecule has 0 aliphatic heterocycles. The van der Waals surface area contributed by atoms with Crippen molar-refractivity contribution in [2.24, 2.45) is 5.73 Å². The van der Waals surface area contributed by atoms with E-state index in [2.05, 4.69) is 17.2 Å². The number of ether oxygens (including phenoxy) is 1. The second kappa shape index (κ2) is 4.97. The summed E-state index contributed by atoms with van der Waals surface area (Å²) in [6.07, 6.45) is 0.831. The minimum atomic E-state index is 0.401. The van der Waals surface area contributed by atoms with Crippen molar-refractivity contribution in [3.05, 3.63) is 35.7 Å². The molecule has 5 heteroatoms. The van der Waals surface area contributed by atoms with Crippen LogP contribution in [-0.2, 0) is 13.0 Å². The van der Waals surface area contributed by atoms with Gasteiger partial charge in [0.15, 0.2) is 0 Å². The first-order chi connectivity index (χ1) is 8.31. The van der Waals surface area contributed by atoms with Gasteiger partial charge in [0, 0.05) is 6.54 Å². The molecule has 2 rings (SSSR count). The molecule has 1 heterocycles. The lowest BCUT2D eigenvalue weighted by Gasteiger charge is -2.09. The highest BCUT2D eigenvalue weighted by atomic mass is 16.5. The summed E-state index contributed by atoms with van der Waals surface area (Å²) in [6.45, 7) is 2.46. The van der Waals surface area contributed by atoms with Gasteiger partial charge in [-0.05, 0) is 18.6 Å². The van der Waals surface area contributed by atoms with Crippen LogP contribution in [0.4, 0.5) is 0 Å². The van der Waals surface area contributed by atoms with Crippen molar-refractivity contribution in [3.8, 4) is 11.4 Å². The van der Waals surface area contributed by atoms with Crippen LogP contribution in [0.25, 0.3) is 5.69 Å². The Hall–Kier alpha value is -1.88. The molecule has 90 valence electrons. The van der Waals surface area contributed by atoms with Crippen molar-refractivity contribution in [1.82, 2.24) is 15.0 Å². The van der Waals surface area contributed by atoms with Gasteiger partial charge in [0.25, 0.3) is 0 Å². The fraction of sp³-hybridized carbons (Fsp3) is 0.333. The highest BCUT2D eigenvalue weighted by Gasteiger charge is 2.13. The summed E-state index contributed by atoms with van der Waals surface area (Å²) < 4.78 is 7.11. The zero-order valence-electron chi connectivity index (χ0n) is 10.1. The topological polar surface area (TPSA) is 66.0 Å². The Morgan fingerprint density at radius 3 is 2.76 bits per heavy atom. The first kappa shape index (κ1) is 11.6. The van der Waals surface area contributed by atoms with Gasteiger partial charge in [-0.3, -0.25) is 0 Å². The predicted molar refractivity (Wildman–Crippen MR) is 65.2 cm³/mol. The van der Waals surface area contributed by atoms with Crippen LogP contribution in [0.5, 0.6) is 5.75 Å². The van der Waals surface area contributed by atoms with E-state index in [1.54, 1.807) is 11.8 Å². The third kappa shape index (κ3) is 2.01. The van der Waals surface area contributed by atoms with Gasteiger partial charge in [-0.2, -0.15) is 0 Å². The van der Waals surface area contributed by atoms with E-state index in [-0.39, 0.29) is 0 Å².